The van der Waals surface area contributed by atoms with Gasteiger partial charge in [-0.1, -0.05) is 19.1 Å². The van der Waals surface area contributed by atoms with Gasteiger partial charge in [-0.3, -0.25) is 9.59 Å². The van der Waals surface area contributed by atoms with Crippen LogP contribution in [-0.2, 0) is 16.1 Å². The van der Waals surface area contributed by atoms with E-state index in [1.54, 1.807) is 26.2 Å². The fourth-order valence-electron chi connectivity index (χ4n) is 1.67. The zero-order valence-electron chi connectivity index (χ0n) is 12.2. The largest absolute Gasteiger partial charge is 0.380 e. The predicted octanol–water partition coefficient (Wildman–Crippen LogP) is 1.48. The Morgan fingerprint density at radius 1 is 1.25 bits per heavy atom. The molecule has 2 amide bonds. The Morgan fingerprint density at radius 2 is 1.90 bits per heavy atom. The van der Waals surface area contributed by atoms with Crippen molar-refractivity contribution in [3.8, 4) is 0 Å². The summed E-state index contributed by atoms with van der Waals surface area (Å²) in [6, 6.07) is 6.56. The van der Waals surface area contributed by atoms with Gasteiger partial charge in [0.25, 0.3) is 5.91 Å². The molecule has 0 fully saturated rings. The summed E-state index contributed by atoms with van der Waals surface area (Å²) in [5.41, 5.74) is 1.53. The van der Waals surface area contributed by atoms with Crippen LogP contribution in [0.2, 0.25) is 0 Å². The Balaban J connectivity index is 2.55. The summed E-state index contributed by atoms with van der Waals surface area (Å²) in [6.45, 7) is 4.77. The summed E-state index contributed by atoms with van der Waals surface area (Å²) in [7, 11) is 1.62. The fourth-order valence-corrected chi connectivity index (χ4v) is 1.67. The SMILES string of the molecule is CCCNC(=O)[C@@H](C)NC(=O)c1ccc(COC)cc1. The highest BCUT2D eigenvalue weighted by molar-refractivity contribution is 5.97. The number of methoxy groups -OCH3 is 1. The Bertz CT molecular complexity index is 443. The summed E-state index contributed by atoms with van der Waals surface area (Å²) >= 11 is 0. The quantitative estimate of drug-likeness (QED) is 0.794. The summed E-state index contributed by atoms with van der Waals surface area (Å²) in [4.78, 5) is 23.6. The first-order valence-corrected chi connectivity index (χ1v) is 6.75. The Morgan fingerprint density at radius 3 is 2.45 bits per heavy atom. The number of hydrogen-bond acceptors (Lipinski definition) is 3. The Kier molecular flexibility index (Phi) is 6.73. The van der Waals surface area contributed by atoms with Crippen LogP contribution < -0.4 is 10.6 Å². The maximum absolute atomic E-state index is 12.0. The third kappa shape index (κ3) is 5.01. The van der Waals surface area contributed by atoms with Crippen molar-refractivity contribution in [2.75, 3.05) is 13.7 Å². The molecule has 0 bridgehead atoms. The van der Waals surface area contributed by atoms with Crippen molar-refractivity contribution < 1.29 is 14.3 Å². The lowest BCUT2D eigenvalue weighted by atomic mass is 10.1. The van der Waals surface area contributed by atoms with E-state index in [4.69, 9.17) is 4.74 Å². The summed E-state index contributed by atoms with van der Waals surface area (Å²) < 4.78 is 5.01. The van der Waals surface area contributed by atoms with Gasteiger partial charge in [-0.15, -0.1) is 0 Å². The van der Waals surface area contributed by atoms with E-state index in [1.807, 2.05) is 19.1 Å². The molecule has 0 unspecified atom stereocenters. The molecule has 0 spiro atoms. The van der Waals surface area contributed by atoms with Gasteiger partial charge in [-0.25, -0.2) is 0 Å². The molecule has 1 atom stereocenters. The van der Waals surface area contributed by atoms with Crippen molar-refractivity contribution in [3.05, 3.63) is 35.4 Å². The van der Waals surface area contributed by atoms with Crippen LogP contribution in [0.4, 0.5) is 0 Å². The minimum absolute atomic E-state index is 0.170. The molecule has 0 aliphatic heterocycles. The van der Waals surface area contributed by atoms with Gasteiger partial charge in [-0.05, 0) is 31.0 Å². The first-order chi connectivity index (χ1) is 9.58. The maximum Gasteiger partial charge on any atom is 0.251 e. The van der Waals surface area contributed by atoms with Crippen molar-refractivity contribution in [1.29, 1.82) is 0 Å². The van der Waals surface area contributed by atoms with Crippen LogP contribution >= 0.6 is 0 Å². The number of nitrogens with one attached hydrogen (secondary N) is 2. The number of rotatable bonds is 7. The van der Waals surface area contributed by atoms with Gasteiger partial charge < -0.3 is 15.4 Å². The Hall–Kier alpha value is -1.88. The molecule has 0 saturated heterocycles. The van der Waals surface area contributed by atoms with Crippen LogP contribution in [0.3, 0.4) is 0 Å². The standard InChI is InChI=1S/C15H22N2O3/c1-4-9-16-14(18)11(2)17-15(19)13-7-5-12(6-8-13)10-20-3/h5-8,11H,4,9-10H2,1-3H3,(H,16,18)(H,17,19)/t11-/m1/s1. The molecule has 0 heterocycles. The van der Waals surface area contributed by atoms with Gasteiger partial charge in [0.05, 0.1) is 6.61 Å². The van der Waals surface area contributed by atoms with E-state index in [0.717, 1.165) is 12.0 Å². The minimum atomic E-state index is -0.548. The van der Waals surface area contributed by atoms with Crippen molar-refractivity contribution in [3.63, 3.8) is 0 Å². The van der Waals surface area contributed by atoms with Crippen LogP contribution in [-0.4, -0.2) is 31.5 Å². The van der Waals surface area contributed by atoms with Crippen LogP contribution in [0, 0.1) is 0 Å². The topological polar surface area (TPSA) is 67.4 Å². The van der Waals surface area contributed by atoms with Crippen molar-refractivity contribution in [1.82, 2.24) is 10.6 Å². The third-order valence-corrected chi connectivity index (χ3v) is 2.82. The molecule has 0 aromatic heterocycles. The summed E-state index contributed by atoms with van der Waals surface area (Å²) in [5.74, 6) is -0.427. The van der Waals surface area contributed by atoms with E-state index in [1.165, 1.54) is 0 Å². The number of benzene rings is 1. The highest BCUT2D eigenvalue weighted by atomic mass is 16.5. The van der Waals surface area contributed by atoms with Crippen molar-refractivity contribution in [2.45, 2.75) is 32.9 Å². The third-order valence-electron chi connectivity index (χ3n) is 2.82. The summed E-state index contributed by atoms with van der Waals surface area (Å²) in [6.07, 6.45) is 0.868. The van der Waals surface area contributed by atoms with Crippen LogP contribution in [0.25, 0.3) is 0 Å². The lowest BCUT2D eigenvalue weighted by Crippen LogP contribution is -2.45. The molecular weight excluding hydrogens is 256 g/mol. The molecule has 5 heteroatoms. The first-order valence-electron chi connectivity index (χ1n) is 6.75. The van der Waals surface area contributed by atoms with Gasteiger partial charge in [0.15, 0.2) is 0 Å². The average Bonchev–Trinajstić information content (AvgIpc) is 2.45. The van der Waals surface area contributed by atoms with Crippen LogP contribution in [0.15, 0.2) is 24.3 Å². The zero-order valence-corrected chi connectivity index (χ0v) is 12.2. The highest BCUT2D eigenvalue weighted by Gasteiger charge is 2.15. The highest BCUT2D eigenvalue weighted by Crippen LogP contribution is 2.05. The molecular formula is C15H22N2O3. The molecule has 2 N–H and O–H groups in total. The lowest BCUT2D eigenvalue weighted by Gasteiger charge is -2.14. The molecule has 0 aliphatic rings. The minimum Gasteiger partial charge on any atom is -0.380 e. The van der Waals surface area contributed by atoms with Gasteiger partial charge >= 0.3 is 0 Å². The number of ether oxygens (including phenoxy) is 1. The second kappa shape index (κ2) is 8.32. The molecule has 1 aromatic carbocycles. The molecule has 0 aliphatic carbocycles. The zero-order chi connectivity index (χ0) is 15.0. The molecule has 1 rings (SSSR count). The van der Waals surface area contributed by atoms with E-state index in [0.29, 0.717) is 18.7 Å². The molecule has 0 saturated carbocycles. The number of carbonyl (C=O) groups is 2. The van der Waals surface area contributed by atoms with Crippen LogP contribution in [0.1, 0.15) is 36.2 Å². The maximum atomic E-state index is 12.0. The Labute approximate surface area is 119 Å². The van der Waals surface area contributed by atoms with Crippen molar-refractivity contribution >= 4 is 11.8 Å². The van der Waals surface area contributed by atoms with E-state index in [2.05, 4.69) is 10.6 Å². The summed E-state index contributed by atoms with van der Waals surface area (Å²) in [5, 5.41) is 5.42. The molecule has 1 aromatic rings. The van der Waals surface area contributed by atoms with Crippen LogP contribution in [0.5, 0.6) is 0 Å². The van der Waals surface area contributed by atoms with E-state index in [9.17, 15) is 9.59 Å². The second-order valence-electron chi connectivity index (χ2n) is 4.62. The predicted molar refractivity (Wildman–Crippen MR) is 77.4 cm³/mol. The normalized spacial score (nSPS) is 11.8. The molecule has 0 radical (unpaired) electrons. The number of amides is 2. The molecule has 20 heavy (non-hydrogen) atoms. The van der Waals surface area contributed by atoms with Gasteiger partial charge in [-0.2, -0.15) is 0 Å². The number of carbonyl (C=O) groups excluding carboxylic acids is 2. The molecule has 5 nitrogen and oxygen atoms in total. The average molecular weight is 278 g/mol. The van der Waals surface area contributed by atoms with Gasteiger partial charge in [0, 0.05) is 19.2 Å². The first kappa shape index (κ1) is 16.2. The fraction of sp³-hybridized carbons (Fsp3) is 0.467. The molecule has 110 valence electrons. The van der Waals surface area contributed by atoms with Crippen molar-refractivity contribution in [2.24, 2.45) is 0 Å². The van der Waals surface area contributed by atoms with Gasteiger partial charge in [0.2, 0.25) is 5.91 Å². The van der Waals surface area contributed by atoms with E-state index < -0.39 is 6.04 Å². The van der Waals surface area contributed by atoms with E-state index >= 15 is 0 Å². The smallest absolute Gasteiger partial charge is 0.251 e. The van der Waals surface area contributed by atoms with E-state index in [-0.39, 0.29) is 11.8 Å². The lowest BCUT2D eigenvalue weighted by molar-refractivity contribution is -0.122. The number of hydrogen-bond donors (Lipinski definition) is 2. The second-order valence-corrected chi connectivity index (χ2v) is 4.62. The van der Waals surface area contributed by atoms with Gasteiger partial charge in [0.1, 0.15) is 6.04 Å². The monoisotopic (exact) mass is 278 g/mol.